The number of fused-ring (bicyclic) bond motifs is 5. The molecular weight excluding hydrogens is 468 g/mol. The van der Waals surface area contributed by atoms with Crippen molar-refractivity contribution in [2.45, 2.75) is 76.8 Å². The van der Waals surface area contributed by atoms with Gasteiger partial charge in [-0.05, 0) is 24.5 Å². The van der Waals surface area contributed by atoms with Crippen LogP contribution in [0.15, 0.2) is 35.4 Å². The first-order chi connectivity index (χ1) is 17.1. The van der Waals surface area contributed by atoms with Gasteiger partial charge in [-0.2, -0.15) is 0 Å². The maximum Gasteiger partial charge on any atom is 0.429 e. The second-order valence-corrected chi connectivity index (χ2v) is 11.2. The summed E-state index contributed by atoms with van der Waals surface area (Å²) in [4.78, 5) is 28.7. The molecule has 0 aromatic heterocycles. The van der Waals surface area contributed by atoms with Crippen molar-refractivity contribution >= 4 is 11.8 Å². The number of hydrogen-bond donors (Lipinski definition) is 4. The maximum absolute atomic E-state index is 13.2. The Labute approximate surface area is 211 Å². The van der Waals surface area contributed by atoms with Gasteiger partial charge in [0.25, 0.3) is 0 Å². The second-order valence-electron chi connectivity index (χ2n) is 11.2. The third kappa shape index (κ3) is 3.22. The third-order valence-electron chi connectivity index (χ3n) is 9.03. The fourth-order valence-corrected chi connectivity index (χ4v) is 7.40. The number of aliphatic hydroxyl groups excluding tert-OH is 2. The van der Waals surface area contributed by atoms with Crippen LogP contribution in [-0.4, -0.2) is 61.7 Å². The Hall–Kier alpha value is -2.74. The van der Waals surface area contributed by atoms with Crippen LogP contribution in [0.25, 0.3) is 4.98 Å². The minimum absolute atomic E-state index is 0.0697. The monoisotopic (exact) mass is 505 g/mol. The largest absolute Gasteiger partial charge is 0.476 e. The standard InChI is InChI=1S/C26H34N2O8/c1-6-7-18(30)35-22-14(3)25(34)16(20-23(4,5)26(20,22)36-19(31)11-28-27)9-15(12-29)10-24(33)17(25)8-13(2)21(24)32/h8-9,11,14,16-17,20,22,29,33-34H,6-7,10,12H2,1-5H3/p+1/b19-11+/t14-,16+,17-,20-,22-,24-,25-,26-/m1/s1/i12T/t12?,14-,16+,17-,20-,22-,24-,25-,26-. The van der Waals surface area contributed by atoms with Gasteiger partial charge in [-0.15, -0.1) is 0 Å². The highest BCUT2D eigenvalue weighted by Gasteiger charge is 2.88. The van der Waals surface area contributed by atoms with Gasteiger partial charge in [0.05, 0.1) is 13.6 Å². The first kappa shape index (κ1) is 24.9. The summed E-state index contributed by atoms with van der Waals surface area (Å²) in [5, 5.41) is 53.9. The second kappa shape index (κ2) is 8.40. The fourth-order valence-electron chi connectivity index (χ4n) is 7.40. The number of diazo groups is 1. The highest BCUT2D eigenvalue weighted by molar-refractivity contribution is 6.04. The molecule has 4 aliphatic rings. The van der Waals surface area contributed by atoms with Gasteiger partial charge in [0.15, 0.2) is 16.4 Å². The van der Waals surface area contributed by atoms with Gasteiger partial charge in [0.1, 0.15) is 11.7 Å². The van der Waals surface area contributed by atoms with E-state index in [1.165, 1.54) is 19.1 Å². The minimum Gasteiger partial charge on any atom is -0.476 e. The molecule has 2 saturated carbocycles. The summed E-state index contributed by atoms with van der Waals surface area (Å²) < 4.78 is 19.9. The van der Waals surface area contributed by atoms with Gasteiger partial charge in [-0.3, -0.25) is 9.59 Å². The highest BCUT2D eigenvalue weighted by Crippen LogP contribution is 2.77. The number of rotatable bonds is 6. The normalized spacial score (nSPS) is 43.9. The smallest absolute Gasteiger partial charge is 0.429 e. The van der Waals surface area contributed by atoms with Crippen molar-refractivity contribution in [3.63, 3.8) is 0 Å². The van der Waals surface area contributed by atoms with Gasteiger partial charge >= 0.3 is 18.1 Å². The molecule has 0 aliphatic heterocycles. The van der Waals surface area contributed by atoms with E-state index in [4.69, 9.17) is 16.2 Å². The molecule has 0 spiro atoms. The van der Waals surface area contributed by atoms with Gasteiger partial charge in [-0.1, -0.05) is 39.8 Å². The van der Waals surface area contributed by atoms with Crippen LogP contribution < -0.4 is 0 Å². The maximum atomic E-state index is 13.2. The van der Waals surface area contributed by atoms with Crippen molar-refractivity contribution in [3.8, 4) is 0 Å². The molecule has 196 valence electrons. The van der Waals surface area contributed by atoms with Crippen LogP contribution in [0.5, 0.6) is 0 Å². The van der Waals surface area contributed by atoms with E-state index < -0.39 is 76.3 Å². The molecular formula is C26H35N2O8+. The van der Waals surface area contributed by atoms with E-state index in [1.807, 2.05) is 20.8 Å². The number of hydrogen-bond acceptors (Lipinski definition) is 9. The van der Waals surface area contributed by atoms with Crippen LogP contribution in [0.1, 0.15) is 55.3 Å². The molecule has 1 unspecified atom stereocenters. The van der Waals surface area contributed by atoms with Crippen molar-refractivity contribution in [2.75, 3.05) is 6.58 Å². The Kier molecular flexibility index (Phi) is 5.82. The molecule has 0 radical (unpaired) electrons. The minimum atomic E-state index is -2.11. The molecule has 2 fully saturated rings. The van der Waals surface area contributed by atoms with Crippen LogP contribution in [0.3, 0.4) is 0 Å². The molecule has 0 amide bonds. The third-order valence-corrected chi connectivity index (χ3v) is 9.03. The first-order valence-corrected chi connectivity index (χ1v) is 12.2. The fraction of sp³-hybridized carbons (Fsp3) is 0.692. The van der Waals surface area contributed by atoms with Crippen LogP contribution in [0.2, 0.25) is 0 Å². The quantitative estimate of drug-likeness (QED) is 0.184. The van der Waals surface area contributed by atoms with Gasteiger partial charge in [-0.25, -0.2) is 0 Å². The number of ether oxygens (including phenoxy) is 2. The molecule has 0 heterocycles. The van der Waals surface area contributed by atoms with E-state index in [9.17, 15) is 30.0 Å². The zero-order valence-electron chi connectivity index (χ0n) is 22.1. The molecule has 0 aromatic carbocycles. The zero-order valence-corrected chi connectivity index (χ0v) is 21.1. The summed E-state index contributed by atoms with van der Waals surface area (Å²) in [6, 6.07) is 0. The van der Waals surface area contributed by atoms with Crippen LogP contribution in [0, 0.1) is 34.5 Å². The zero-order chi connectivity index (χ0) is 27.7. The van der Waals surface area contributed by atoms with Crippen molar-refractivity contribution in [1.82, 2.24) is 0 Å². The predicted molar refractivity (Wildman–Crippen MR) is 126 cm³/mol. The molecule has 10 nitrogen and oxygen atoms in total. The topological polar surface area (TPSA) is 162 Å². The molecule has 0 aromatic rings. The van der Waals surface area contributed by atoms with E-state index in [2.05, 4.69) is 4.98 Å². The summed E-state index contributed by atoms with van der Waals surface area (Å²) in [5.74, 6) is -5.47. The number of nitrogens with zero attached hydrogens (tertiary/aromatic N) is 2. The summed E-state index contributed by atoms with van der Waals surface area (Å²) in [7, 11) is 0. The Morgan fingerprint density at radius 2 is 2.03 bits per heavy atom. The van der Waals surface area contributed by atoms with Crippen LogP contribution in [0.4, 0.5) is 0 Å². The molecule has 9 atom stereocenters. The lowest BCUT2D eigenvalue weighted by Gasteiger charge is -2.53. The van der Waals surface area contributed by atoms with Crippen LogP contribution in [-0.2, 0) is 19.1 Å². The highest BCUT2D eigenvalue weighted by atomic mass is 16.6. The van der Waals surface area contributed by atoms with E-state index >= 15 is 0 Å². The van der Waals surface area contributed by atoms with E-state index in [0.717, 1.165) is 0 Å². The van der Waals surface area contributed by atoms with Crippen LogP contribution >= 0.6 is 0 Å². The predicted octanol–water partition coefficient (Wildman–Crippen LogP) is 2.52. The number of carbonyl (C=O) groups is 2. The molecule has 4 N–H and O–H groups in total. The van der Waals surface area contributed by atoms with Crippen molar-refractivity contribution in [1.29, 1.82) is 5.39 Å². The number of aliphatic hydroxyl groups is 4. The Bertz CT molecular complexity index is 1160. The lowest BCUT2D eigenvalue weighted by Crippen LogP contribution is -2.66. The molecule has 10 heteroatoms. The first-order valence-electron chi connectivity index (χ1n) is 12.8. The van der Waals surface area contributed by atoms with E-state index in [0.29, 0.717) is 12.6 Å². The number of ketones is 1. The molecule has 0 bridgehead atoms. The molecule has 36 heavy (non-hydrogen) atoms. The Morgan fingerprint density at radius 3 is 2.61 bits per heavy atom. The summed E-state index contributed by atoms with van der Waals surface area (Å²) in [5.41, 5.74) is -5.90. The van der Waals surface area contributed by atoms with Gasteiger partial charge < -0.3 is 29.9 Å². The van der Waals surface area contributed by atoms with Crippen molar-refractivity contribution < 1.29 is 40.9 Å². The summed E-state index contributed by atoms with van der Waals surface area (Å²) in [6.45, 7) is 6.84. The average Bonchev–Trinajstić information content (AvgIpc) is 3.23. The van der Waals surface area contributed by atoms with E-state index in [1.54, 1.807) is 6.92 Å². The molecule has 0 saturated heterocycles. The molecule has 4 rings (SSSR count). The summed E-state index contributed by atoms with van der Waals surface area (Å²) in [6.07, 6.45) is 2.87. The van der Waals surface area contributed by atoms with Crippen molar-refractivity contribution in [3.05, 3.63) is 40.4 Å². The average molecular weight is 506 g/mol. The van der Waals surface area contributed by atoms with Gasteiger partial charge in [0, 0.05) is 41.9 Å². The molecule has 4 aliphatic carbocycles. The van der Waals surface area contributed by atoms with E-state index in [-0.39, 0.29) is 24.0 Å². The van der Waals surface area contributed by atoms with Crippen molar-refractivity contribution in [2.24, 2.45) is 29.1 Å². The Balaban J connectivity index is 1.97. The lowest BCUT2D eigenvalue weighted by molar-refractivity contribution is -0.228. The van der Waals surface area contributed by atoms with Gasteiger partial charge in [0.2, 0.25) is 5.39 Å². The summed E-state index contributed by atoms with van der Waals surface area (Å²) >= 11 is 0. The lowest BCUT2D eigenvalue weighted by atomic mass is 9.59. The number of esters is 1. The Morgan fingerprint density at radius 1 is 1.36 bits per heavy atom. The number of Topliss-reactive ketones (excluding diaryl/α,β-unsaturated/α-hetero) is 1. The SMILES string of the molecule is [3H]C(O)C1=C[C@H]2[C@@H]3C(C)(C)[C@]3(O/C(O)=C/[N+]#N)[C@H](OC(=O)CCC)[C@@H](C)[C@]2(O)[C@@H]2C=C(C)C(=O)[C@@]2(O)C1. The number of carbonyl (C=O) groups excluding carboxylic acids is 2.